The number of ether oxygens (including phenoxy) is 1. The summed E-state index contributed by atoms with van der Waals surface area (Å²) < 4.78 is 9.02. The second kappa shape index (κ2) is 6.40. The number of rotatable bonds is 4. The molecule has 4 aromatic rings. The van der Waals surface area contributed by atoms with Gasteiger partial charge in [0.25, 0.3) is 0 Å². The summed E-state index contributed by atoms with van der Waals surface area (Å²) in [5, 5.41) is 4.08. The number of hydrogen-bond acceptors (Lipinski definition) is 6. The van der Waals surface area contributed by atoms with Crippen LogP contribution in [0.25, 0.3) is 16.9 Å². The Kier molecular flexibility index (Phi) is 3.92. The maximum atomic E-state index is 12.4. The van der Waals surface area contributed by atoms with Gasteiger partial charge in [-0.3, -0.25) is 0 Å². The summed E-state index contributed by atoms with van der Waals surface area (Å²) in [4.78, 5) is 24.8. The van der Waals surface area contributed by atoms with Gasteiger partial charge >= 0.3 is 5.97 Å². The fourth-order valence-electron chi connectivity index (χ4n) is 2.66. The van der Waals surface area contributed by atoms with E-state index in [0.717, 1.165) is 16.9 Å². The highest BCUT2D eigenvalue weighted by Gasteiger charge is 2.16. The van der Waals surface area contributed by atoms with E-state index in [4.69, 9.17) is 4.74 Å². The van der Waals surface area contributed by atoms with E-state index in [9.17, 15) is 4.79 Å². The maximum absolute atomic E-state index is 12.4. The van der Waals surface area contributed by atoms with E-state index in [1.807, 2.05) is 38.2 Å². The zero-order chi connectivity index (χ0) is 18.1. The molecule has 8 heteroatoms. The molecule has 0 amide bonds. The third-order valence-electron chi connectivity index (χ3n) is 4.12. The van der Waals surface area contributed by atoms with Gasteiger partial charge in [-0.15, -0.1) is 0 Å². The van der Waals surface area contributed by atoms with Crippen LogP contribution < -0.4 is 0 Å². The van der Waals surface area contributed by atoms with Crippen molar-refractivity contribution in [2.45, 2.75) is 13.0 Å². The Balaban J connectivity index is 1.49. The number of benzene rings is 1. The van der Waals surface area contributed by atoms with E-state index < -0.39 is 12.1 Å². The Labute approximate surface area is 149 Å². The van der Waals surface area contributed by atoms with Crippen LogP contribution in [-0.2, 0) is 11.8 Å². The summed E-state index contributed by atoms with van der Waals surface area (Å²) in [6, 6.07) is 9.28. The van der Waals surface area contributed by atoms with Crippen LogP contribution >= 0.6 is 0 Å². The van der Waals surface area contributed by atoms with Gasteiger partial charge < -0.3 is 9.30 Å². The highest BCUT2D eigenvalue weighted by atomic mass is 16.5. The van der Waals surface area contributed by atoms with E-state index in [1.54, 1.807) is 28.0 Å². The molecule has 0 aliphatic heterocycles. The first kappa shape index (κ1) is 15.9. The Morgan fingerprint density at radius 3 is 2.69 bits per heavy atom. The first-order chi connectivity index (χ1) is 12.6. The number of esters is 1. The van der Waals surface area contributed by atoms with Crippen LogP contribution in [0.2, 0.25) is 0 Å². The number of imidazole rings is 1. The Hall–Kier alpha value is -3.55. The first-order valence-corrected chi connectivity index (χ1v) is 8.05. The monoisotopic (exact) mass is 348 g/mol. The molecule has 3 heterocycles. The van der Waals surface area contributed by atoms with Crippen LogP contribution in [-0.4, -0.2) is 35.3 Å². The van der Waals surface area contributed by atoms with Crippen LogP contribution in [0.3, 0.4) is 0 Å². The van der Waals surface area contributed by atoms with Gasteiger partial charge in [-0.25, -0.2) is 24.4 Å². The van der Waals surface area contributed by atoms with Gasteiger partial charge in [0.05, 0.1) is 17.6 Å². The standard InChI is InChI=1S/C18H16N6O2/c1-12(13-3-5-15(6-4-13)24-10-19-9-22-24)26-18(25)14-7-16-17(20-8-14)23(2)11-21-16/h3-12H,1-2H3/t12-/m0/s1. The van der Waals surface area contributed by atoms with Crippen molar-refractivity contribution in [3.63, 3.8) is 0 Å². The molecule has 0 unspecified atom stereocenters. The van der Waals surface area contributed by atoms with Gasteiger partial charge in [-0.2, -0.15) is 5.10 Å². The Morgan fingerprint density at radius 1 is 1.15 bits per heavy atom. The minimum atomic E-state index is -0.432. The summed E-state index contributed by atoms with van der Waals surface area (Å²) in [6.45, 7) is 1.83. The number of carbonyl (C=O) groups excluding carboxylic acids is 1. The molecule has 1 aromatic carbocycles. The molecule has 0 bridgehead atoms. The lowest BCUT2D eigenvalue weighted by molar-refractivity contribution is 0.0337. The molecule has 0 saturated carbocycles. The van der Waals surface area contributed by atoms with Crippen molar-refractivity contribution in [1.29, 1.82) is 0 Å². The number of carbonyl (C=O) groups is 1. The van der Waals surface area contributed by atoms with Crippen molar-refractivity contribution in [2.75, 3.05) is 0 Å². The average Bonchev–Trinajstić information content (AvgIpc) is 3.32. The molecule has 130 valence electrons. The lowest BCUT2D eigenvalue weighted by Gasteiger charge is -2.14. The summed E-state index contributed by atoms with van der Waals surface area (Å²) in [5.74, 6) is -0.432. The third-order valence-corrected chi connectivity index (χ3v) is 4.12. The zero-order valence-corrected chi connectivity index (χ0v) is 14.3. The fraction of sp³-hybridized carbons (Fsp3) is 0.167. The van der Waals surface area contributed by atoms with Crippen molar-refractivity contribution in [3.05, 3.63) is 66.6 Å². The molecule has 0 N–H and O–H groups in total. The summed E-state index contributed by atoms with van der Waals surface area (Å²) in [7, 11) is 1.85. The minimum absolute atomic E-state index is 0.377. The van der Waals surface area contributed by atoms with Crippen LogP contribution in [0.1, 0.15) is 28.9 Å². The first-order valence-electron chi connectivity index (χ1n) is 8.05. The predicted octanol–water partition coefficient (Wildman–Crippen LogP) is 2.47. The second-order valence-electron chi connectivity index (χ2n) is 5.90. The second-order valence-corrected chi connectivity index (χ2v) is 5.90. The van der Waals surface area contributed by atoms with Gasteiger partial charge in [0.15, 0.2) is 5.65 Å². The largest absolute Gasteiger partial charge is 0.454 e. The van der Waals surface area contributed by atoms with E-state index >= 15 is 0 Å². The van der Waals surface area contributed by atoms with E-state index in [1.165, 1.54) is 12.5 Å². The number of pyridine rings is 1. The van der Waals surface area contributed by atoms with Crippen molar-refractivity contribution in [1.82, 2.24) is 29.3 Å². The fourth-order valence-corrected chi connectivity index (χ4v) is 2.66. The zero-order valence-electron chi connectivity index (χ0n) is 14.3. The molecule has 0 saturated heterocycles. The lowest BCUT2D eigenvalue weighted by atomic mass is 10.1. The topological polar surface area (TPSA) is 87.7 Å². The van der Waals surface area contributed by atoms with Gasteiger partial charge in [0.2, 0.25) is 0 Å². The molecule has 0 spiro atoms. The molecule has 3 aromatic heterocycles. The number of fused-ring (bicyclic) bond motifs is 1. The highest BCUT2D eigenvalue weighted by Crippen LogP contribution is 2.21. The van der Waals surface area contributed by atoms with Crippen molar-refractivity contribution < 1.29 is 9.53 Å². The molecule has 0 radical (unpaired) electrons. The van der Waals surface area contributed by atoms with Gasteiger partial charge in [0.1, 0.15) is 24.3 Å². The SMILES string of the molecule is C[C@H](OC(=O)c1cnc2c(c1)ncn2C)c1ccc(-n2cncn2)cc1. The number of nitrogens with zero attached hydrogens (tertiary/aromatic N) is 6. The maximum Gasteiger partial charge on any atom is 0.340 e. The number of aromatic nitrogens is 6. The summed E-state index contributed by atoms with van der Waals surface area (Å²) in [6.07, 6.45) is 5.87. The third kappa shape index (κ3) is 2.92. The van der Waals surface area contributed by atoms with Gasteiger partial charge in [0, 0.05) is 13.2 Å². The van der Waals surface area contributed by atoms with E-state index in [0.29, 0.717) is 11.1 Å². The molecule has 0 aliphatic rings. The predicted molar refractivity (Wildman–Crippen MR) is 93.7 cm³/mol. The molecule has 26 heavy (non-hydrogen) atoms. The number of aryl methyl sites for hydroxylation is 1. The summed E-state index contributed by atoms with van der Waals surface area (Å²) >= 11 is 0. The molecule has 0 fully saturated rings. The minimum Gasteiger partial charge on any atom is -0.454 e. The van der Waals surface area contributed by atoms with Crippen molar-refractivity contribution in [2.24, 2.45) is 7.05 Å². The Bertz CT molecular complexity index is 1050. The van der Waals surface area contributed by atoms with Crippen molar-refractivity contribution >= 4 is 17.1 Å². The quantitative estimate of drug-likeness (QED) is 0.527. The van der Waals surface area contributed by atoms with Crippen LogP contribution in [0.4, 0.5) is 0 Å². The van der Waals surface area contributed by atoms with Gasteiger partial charge in [-0.1, -0.05) is 12.1 Å². The smallest absolute Gasteiger partial charge is 0.340 e. The molecule has 1 atom stereocenters. The number of hydrogen-bond donors (Lipinski definition) is 0. The van der Waals surface area contributed by atoms with Crippen LogP contribution in [0.15, 0.2) is 55.5 Å². The molecular weight excluding hydrogens is 332 g/mol. The normalized spacial score (nSPS) is 12.2. The van der Waals surface area contributed by atoms with Crippen LogP contribution in [0, 0.1) is 0 Å². The molecule has 8 nitrogen and oxygen atoms in total. The van der Waals surface area contributed by atoms with E-state index in [-0.39, 0.29) is 0 Å². The van der Waals surface area contributed by atoms with Crippen molar-refractivity contribution in [3.8, 4) is 5.69 Å². The molecular formula is C18H16N6O2. The average molecular weight is 348 g/mol. The van der Waals surface area contributed by atoms with Crippen LogP contribution in [0.5, 0.6) is 0 Å². The van der Waals surface area contributed by atoms with E-state index in [2.05, 4.69) is 20.1 Å². The Morgan fingerprint density at radius 2 is 1.96 bits per heavy atom. The molecule has 0 aliphatic carbocycles. The summed E-state index contributed by atoms with van der Waals surface area (Å²) in [5.41, 5.74) is 3.52. The molecule has 4 rings (SSSR count). The highest BCUT2D eigenvalue weighted by molar-refractivity contribution is 5.92. The lowest BCUT2D eigenvalue weighted by Crippen LogP contribution is -2.10. The van der Waals surface area contributed by atoms with Gasteiger partial charge in [-0.05, 0) is 30.7 Å².